The monoisotopic (exact) mass is 447 g/mol. The van der Waals surface area contributed by atoms with Gasteiger partial charge in [0.25, 0.3) is 0 Å². The minimum atomic E-state index is -0.937. The van der Waals surface area contributed by atoms with Crippen LogP contribution < -0.4 is 0 Å². The number of amides is 1. The van der Waals surface area contributed by atoms with E-state index in [0.717, 1.165) is 44.1 Å². The average molecular weight is 448 g/mol. The molecule has 2 atom stereocenters. The Bertz CT molecular complexity index is 979. The zero-order valence-corrected chi connectivity index (χ0v) is 19.0. The lowest BCUT2D eigenvalue weighted by Gasteiger charge is -2.45. The summed E-state index contributed by atoms with van der Waals surface area (Å²) in [6, 6.07) is 17.3. The van der Waals surface area contributed by atoms with E-state index in [1.54, 1.807) is 12.1 Å². The van der Waals surface area contributed by atoms with Gasteiger partial charge < -0.3 is 15.1 Å². The number of carboxylic acid groups (broad SMARTS) is 1. The standard InChI is InChI=1S/C28H33NO4/c30-25(28(17-4-18-28)19-15-21-5-2-1-3-6-21)13-11-24-12-14-26(31)29(24)20-16-22-7-9-23(10-8-22)27(32)33/h1-3,5-11,13,24-25,30H,4,12,14-20H2,(H,32,33)/t24-,25?/m0/s1. The Morgan fingerprint density at radius 3 is 2.39 bits per heavy atom. The molecule has 5 nitrogen and oxygen atoms in total. The predicted octanol–water partition coefficient (Wildman–Crippen LogP) is 4.64. The van der Waals surface area contributed by atoms with E-state index in [2.05, 4.69) is 24.3 Å². The fourth-order valence-corrected chi connectivity index (χ4v) is 5.11. The maximum absolute atomic E-state index is 12.5. The van der Waals surface area contributed by atoms with Gasteiger partial charge in [0.15, 0.2) is 0 Å². The number of carbonyl (C=O) groups excluding carboxylic acids is 1. The van der Waals surface area contributed by atoms with Crippen LogP contribution in [0.4, 0.5) is 0 Å². The summed E-state index contributed by atoms with van der Waals surface area (Å²) in [5.74, 6) is -0.795. The summed E-state index contributed by atoms with van der Waals surface area (Å²) in [5.41, 5.74) is 2.54. The van der Waals surface area contributed by atoms with E-state index in [4.69, 9.17) is 5.11 Å². The SMILES string of the molecule is O=C(O)c1ccc(CCN2C(=O)CC[C@@H]2C=CC(O)C2(CCc3ccccc3)CCC2)cc1. The third-order valence-corrected chi connectivity index (χ3v) is 7.46. The topological polar surface area (TPSA) is 77.8 Å². The van der Waals surface area contributed by atoms with Crippen molar-refractivity contribution < 1.29 is 19.8 Å². The van der Waals surface area contributed by atoms with Crippen molar-refractivity contribution in [2.45, 2.75) is 63.5 Å². The van der Waals surface area contributed by atoms with Gasteiger partial charge in [-0.05, 0) is 61.8 Å². The van der Waals surface area contributed by atoms with Gasteiger partial charge in [-0.3, -0.25) is 4.79 Å². The van der Waals surface area contributed by atoms with Crippen LogP contribution in [-0.2, 0) is 17.6 Å². The molecule has 1 saturated carbocycles. The van der Waals surface area contributed by atoms with Crippen LogP contribution in [0.25, 0.3) is 0 Å². The van der Waals surface area contributed by atoms with Gasteiger partial charge in [0.05, 0.1) is 17.7 Å². The highest BCUT2D eigenvalue weighted by Crippen LogP contribution is 2.48. The first kappa shape index (κ1) is 23.2. The summed E-state index contributed by atoms with van der Waals surface area (Å²) in [6.07, 6.45) is 10.7. The van der Waals surface area contributed by atoms with Gasteiger partial charge in [-0.2, -0.15) is 0 Å². The number of aryl methyl sites for hydroxylation is 1. The molecule has 2 aromatic rings. The normalized spacial score (nSPS) is 20.7. The van der Waals surface area contributed by atoms with Crippen molar-refractivity contribution in [1.82, 2.24) is 4.90 Å². The smallest absolute Gasteiger partial charge is 0.335 e. The number of aliphatic hydroxyl groups is 1. The molecule has 1 amide bonds. The number of carboxylic acids is 1. The van der Waals surface area contributed by atoms with Crippen molar-refractivity contribution in [3.63, 3.8) is 0 Å². The van der Waals surface area contributed by atoms with Crippen LogP contribution >= 0.6 is 0 Å². The van der Waals surface area contributed by atoms with Gasteiger partial charge in [-0.15, -0.1) is 0 Å². The van der Waals surface area contributed by atoms with E-state index in [-0.39, 0.29) is 22.9 Å². The van der Waals surface area contributed by atoms with E-state index < -0.39 is 12.1 Å². The Morgan fingerprint density at radius 2 is 1.76 bits per heavy atom. The molecule has 4 rings (SSSR count). The maximum Gasteiger partial charge on any atom is 0.335 e. The van der Waals surface area contributed by atoms with Crippen LogP contribution in [0.15, 0.2) is 66.7 Å². The van der Waals surface area contributed by atoms with E-state index >= 15 is 0 Å². The Hall–Kier alpha value is -2.92. The largest absolute Gasteiger partial charge is 0.478 e. The van der Waals surface area contributed by atoms with E-state index in [1.165, 1.54) is 5.56 Å². The molecule has 33 heavy (non-hydrogen) atoms. The number of aliphatic hydroxyl groups excluding tert-OH is 1. The molecule has 2 fully saturated rings. The van der Waals surface area contributed by atoms with Crippen LogP contribution in [0, 0.1) is 5.41 Å². The molecule has 174 valence electrons. The number of hydrogen-bond acceptors (Lipinski definition) is 3. The number of benzene rings is 2. The fraction of sp³-hybridized carbons (Fsp3) is 0.429. The average Bonchev–Trinajstić information content (AvgIpc) is 3.15. The third kappa shape index (κ3) is 5.53. The van der Waals surface area contributed by atoms with Crippen molar-refractivity contribution in [2.75, 3.05) is 6.54 Å². The molecule has 0 bridgehead atoms. The van der Waals surface area contributed by atoms with Gasteiger partial charge >= 0.3 is 5.97 Å². The summed E-state index contributed by atoms with van der Waals surface area (Å²) < 4.78 is 0. The number of rotatable bonds is 10. The number of nitrogens with zero attached hydrogens (tertiary/aromatic N) is 1. The van der Waals surface area contributed by atoms with Crippen LogP contribution in [0.5, 0.6) is 0 Å². The molecule has 5 heteroatoms. The van der Waals surface area contributed by atoms with E-state index in [9.17, 15) is 14.7 Å². The molecular weight excluding hydrogens is 414 g/mol. The molecule has 1 aliphatic heterocycles. The van der Waals surface area contributed by atoms with Crippen molar-refractivity contribution in [2.24, 2.45) is 5.41 Å². The minimum absolute atomic E-state index is 0.0108. The molecule has 2 aromatic carbocycles. The minimum Gasteiger partial charge on any atom is -0.478 e. The molecule has 1 unspecified atom stereocenters. The number of likely N-dealkylation sites (tertiary alicyclic amines) is 1. The Labute approximate surface area is 195 Å². The van der Waals surface area contributed by atoms with E-state index in [1.807, 2.05) is 35.3 Å². The first-order chi connectivity index (χ1) is 16.0. The number of aromatic carboxylic acids is 1. The zero-order chi connectivity index (χ0) is 23.3. The molecule has 2 aliphatic rings. The van der Waals surface area contributed by atoms with Crippen molar-refractivity contribution in [3.8, 4) is 0 Å². The second-order valence-corrected chi connectivity index (χ2v) is 9.48. The number of hydrogen-bond donors (Lipinski definition) is 2. The molecule has 1 heterocycles. The number of carbonyl (C=O) groups is 2. The fourth-order valence-electron chi connectivity index (χ4n) is 5.11. The maximum atomic E-state index is 12.5. The Balaban J connectivity index is 1.34. The first-order valence-electron chi connectivity index (χ1n) is 12.0. The lowest BCUT2D eigenvalue weighted by Crippen LogP contribution is -2.41. The highest BCUT2D eigenvalue weighted by Gasteiger charge is 2.42. The molecule has 0 spiro atoms. The first-order valence-corrected chi connectivity index (χ1v) is 12.0. The zero-order valence-electron chi connectivity index (χ0n) is 19.0. The van der Waals surface area contributed by atoms with Gasteiger partial charge in [0.1, 0.15) is 0 Å². The van der Waals surface area contributed by atoms with E-state index in [0.29, 0.717) is 19.4 Å². The molecule has 0 aromatic heterocycles. The van der Waals surface area contributed by atoms with Crippen LogP contribution in [0.3, 0.4) is 0 Å². The predicted molar refractivity (Wildman–Crippen MR) is 128 cm³/mol. The lowest BCUT2D eigenvalue weighted by atomic mass is 9.62. The van der Waals surface area contributed by atoms with Gasteiger partial charge in [-0.25, -0.2) is 4.79 Å². The molecule has 1 saturated heterocycles. The van der Waals surface area contributed by atoms with Gasteiger partial charge in [0, 0.05) is 18.4 Å². The summed E-state index contributed by atoms with van der Waals surface area (Å²) in [7, 11) is 0. The highest BCUT2D eigenvalue weighted by atomic mass is 16.4. The Morgan fingerprint density at radius 1 is 1.06 bits per heavy atom. The molecular formula is C28H33NO4. The lowest BCUT2D eigenvalue weighted by molar-refractivity contribution is -0.128. The highest BCUT2D eigenvalue weighted by molar-refractivity contribution is 5.87. The van der Waals surface area contributed by atoms with Crippen LogP contribution in [-0.4, -0.2) is 45.7 Å². The summed E-state index contributed by atoms with van der Waals surface area (Å²) >= 11 is 0. The second-order valence-electron chi connectivity index (χ2n) is 9.48. The van der Waals surface area contributed by atoms with Gasteiger partial charge in [-0.1, -0.05) is 61.0 Å². The van der Waals surface area contributed by atoms with Crippen molar-refractivity contribution in [3.05, 3.63) is 83.4 Å². The quantitative estimate of drug-likeness (QED) is 0.520. The summed E-state index contributed by atoms with van der Waals surface area (Å²) in [5, 5.41) is 20.1. The molecule has 1 aliphatic carbocycles. The third-order valence-electron chi connectivity index (χ3n) is 7.46. The summed E-state index contributed by atoms with van der Waals surface area (Å²) in [6.45, 7) is 0.593. The second kappa shape index (κ2) is 10.3. The van der Waals surface area contributed by atoms with Crippen molar-refractivity contribution in [1.29, 1.82) is 0 Å². The summed E-state index contributed by atoms with van der Waals surface area (Å²) in [4.78, 5) is 25.4. The molecule has 0 radical (unpaired) electrons. The van der Waals surface area contributed by atoms with Crippen molar-refractivity contribution >= 4 is 11.9 Å². The van der Waals surface area contributed by atoms with Crippen LogP contribution in [0.1, 0.15) is 60.0 Å². The Kier molecular flexibility index (Phi) is 7.29. The van der Waals surface area contributed by atoms with Gasteiger partial charge in [0.2, 0.25) is 5.91 Å². The molecule has 2 N–H and O–H groups in total. The van der Waals surface area contributed by atoms with Crippen LogP contribution in [0.2, 0.25) is 0 Å².